The lowest BCUT2D eigenvalue weighted by atomic mass is 9.96. The van der Waals surface area contributed by atoms with Gasteiger partial charge in [-0.15, -0.1) is 0 Å². The minimum Gasteiger partial charge on any atom is -0.461 e. The summed E-state index contributed by atoms with van der Waals surface area (Å²) in [6.45, 7) is 8.23. The van der Waals surface area contributed by atoms with Crippen molar-refractivity contribution in [2.45, 2.75) is 40.2 Å². The Bertz CT molecular complexity index is 354. The number of hydrogen-bond donors (Lipinski definition) is 0. The molecule has 0 saturated carbocycles. The van der Waals surface area contributed by atoms with Crippen LogP contribution in [0.25, 0.3) is 0 Å². The first-order chi connectivity index (χ1) is 7.00. The topological polar surface area (TPSA) is 26.3 Å². The van der Waals surface area contributed by atoms with Gasteiger partial charge in [-0.25, -0.2) is 0 Å². The first kappa shape index (κ1) is 11.8. The molecule has 1 aromatic rings. The average molecular weight is 206 g/mol. The molecule has 0 saturated heterocycles. The molecule has 0 aromatic heterocycles. The molecule has 2 nitrogen and oxygen atoms in total. The van der Waals surface area contributed by atoms with E-state index in [0.717, 1.165) is 5.56 Å². The monoisotopic (exact) mass is 206 g/mol. The van der Waals surface area contributed by atoms with Crippen molar-refractivity contribution in [2.75, 3.05) is 0 Å². The third kappa shape index (κ3) is 3.39. The molecule has 0 amide bonds. The lowest BCUT2D eigenvalue weighted by Gasteiger charge is -2.11. The Morgan fingerprint density at radius 1 is 1.40 bits per heavy atom. The maximum atomic E-state index is 10.7. The number of carbonyl (C=O) groups is 1. The zero-order valence-corrected chi connectivity index (χ0v) is 9.83. The fourth-order valence-electron chi connectivity index (χ4n) is 1.59. The summed E-state index contributed by atoms with van der Waals surface area (Å²) in [5, 5.41) is 0. The summed E-state index contributed by atoms with van der Waals surface area (Å²) >= 11 is 0. The lowest BCUT2D eigenvalue weighted by molar-refractivity contribution is -0.142. The molecule has 0 unspecified atom stereocenters. The second-order valence-electron chi connectivity index (χ2n) is 4.13. The summed E-state index contributed by atoms with van der Waals surface area (Å²) in [6.07, 6.45) is 0. The number of esters is 1. The maximum absolute atomic E-state index is 10.7. The van der Waals surface area contributed by atoms with Gasteiger partial charge in [0.05, 0.1) is 0 Å². The first-order valence-corrected chi connectivity index (χ1v) is 5.23. The van der Waals surface area contributed by atoms with Gasteiger partial charge in [-0.05, 0) is 29.5 Å². The first-order valence-electron chi connectivity index (χ1n) is 5.23. The van der Waals surface area contributed by atoms with E-state index in [1.807, 2.05) is 6.07 Å². The average Bonchev–Trinajstić information content (AvgIpc) is 2.16. The predicted molar refractivity (Wildman–Crippen MR) is 60.7 cm³/mol. The van der Waals surface area contributed by atoms with Crippen LogP contribution in [0.4, 0.5) is 0 Å². The van der Waals surface area contributed by atoms with Crippen molar-refractivity contribution in [3.63, 3.8) is 0 Å². The molecular formula is C13H18O2. The van der Waals surface area contributed by atoms with Gasteiger partial charge in [-0.1, -0.05) is 32.0 Å². The molecule has 0 heterocycles. The summed E-state index contributed by atoms with van der Waals surface area (Å²) in [6, 6.07) is 6.20. The molecule has 1 rings (SSSR count). The Labute approximate surface area is 91.3 Å². The van der Waals surface area contributed by atoms with Crippen molar-refractivity contribution in [1.82, 2.24) is 0 Å². The number of ether oxygens (including phenoxy) is 1. The van der Waals surface area contributed by atoms with Crippen LogP contribution in [0.2, 0.25) is 0 Å². The zero-order valence-electron chi connectivity index (χ0n) is 9.83. The second kappa shape index (κ2) is 4.96. The van der Waals surface area contributed by atoms with E-state index >= 15 is 0 Å². The van der Waals surface area contributed by atoms with Crippen LogP contribution >= 0.6 is 0 Å². The Morgan fingerprint density at radius 2 is 2.07 bits per heavy atom. The SMILES string of the molecule is CC(=O)OCc1ccc(C)c(C(C)C)c1. The Hall–Kier alpha value is -1.31. The van der Waals surface area contributed by atoms with E-state index in [4.69, 9.17) is 4.74 Å². The molecule has 82 valence electrons. The van der Waals surface area contributed by atoms with Crippen molar-refractivity contribution in [3.8, 4) is 0 Å². The summed E-state index contributed by atoms with van der Waals surface area (Å²) in [7, 11) is 0. The van der Waals surface area contributed by atoms with Gasteiger partial charge >= 0.3 is 5.97 Å². The van der Waals surface area contributed by atoms with Crippen molar-refractivity contribution < 1.29 is 9.53 Å². The van der Waals surface area contributed by atoms with Crippen LogP contribution in [0.1, 0.15) is 43.4 Å². The summed E-state index contributed by atoms with van der Waals surface area (Å²) < 4.78 is 4.96. The fraction of sp³-hybridized carbons (Fsp3) is 0.462. The smallest absolute Gasteiger partial charge is 0.302 e. The van der Waals surface area contributed by atoms with Crippen molar-refractivity contribution >= 4 is 5.97 Å². The molecule has 0 aliphatic carbocycles. The van der Waals surface area contributed by atoms with Gasteiger partial charge in [-0.3, -0.25) is 4.79 Å². The highest BCUT2D eigenvalue weighted by atomic mass is 16.5. The molecule has 0 radical (unpaired) electrons. The highest BCUT2D eigenvalue weighted by Crippen LogP contribution is 2.20. The molecule has 0 fully saturated rings. The van der Waals surface area contributed by atoms with E-state index in [2.05, 4.69) is 32.9 Å². The van der Waals surface area contributed by atoms with Crippen molar-refractivity contribution in [1.29, 1.82) is 0 Å². The maximum Gasteiger partial charge on any atom is 0.302 e. The normalized spacial score (nSPS) is 10.5. The molecule has 2 heteroatoms. The van der Waals surface area contributed by atoms with Gasteiger partial charge in [0.15, 0.2) is 0 Å². The predicted octanol–water partition coefficient (Wildman–Crippen LogP) is 3.18. The number of rotatable bonds is 3. The third-order valence-corrected chi connectivity index (χ3v) is 2.41. The quantitative estimate of drug-likeness (QED) is 0.710. The summed E-state index contributed by atoms with van der Waals surface area (Å²) in [5.74, 6) is 0.268. The highest BCUT2D eigenvalue weighted by molar-refractivity contribution is 5.65. The molecule has 0 aliphatic heterocycles. The molecule has 0 atom stereocenters. The minimum absolute atomic E-state index is 0.235. The van der Waals surface area contributed by atoms with Gasteiger partial charge in [0.25, 0.3) is 0 Å². The molecule has 0 spiro atoms. The number of benzene rings is 1. The van der Waals surface area contributed by atoms with Gasteiger partial charge in [-0.2, -0.15) is 0 Å². The van der Waals surface area contributed by atoms with Crippen LogP contribution in [0.15, 0.2) is 18.2 Å². The Kier molecular flexibility index (Phi) is 3.89. The van der Waals surface area contributed by atoms with E-state index in [9.17, 15) is 4.79 Å². The van der Waals surface area contributed by atoms with Crippen LogP contribution in [0.3, 0.4) is 0 Å². The van der Waals surface area contributed by atoms with E-state index in [1.54, 1.807) is 0 Å². The zero-order chi connectivity index (χ0) is 11.4. The fourth-order valence-corrected chi connectivity index (χ4v) is 1.59. The van der Waals surface area contributed by atoms with E-state index in [-0.39, 0.29) is 5.97 Å². The number of aryl methyl sites for hydroxylation is 1. The summed E-state index contributed by atoms with van der Waals surface area (Å²) in [4.78, 5) is 10.7. The number of carbonyl (C=O) groups excluding carboxylic acids is 1. The summed E-state index contributed by atoms with van der Waals surface area (Å²) in [5.41, 5.74) is 3.66. The number of hydrogen-bond acceptors (Lipinski definition) is 2. The van der Waals surface area contributed by atoms with Crippen molar-refractivity contribution in [3.05, 3.63) is 34.9 Å². The lowest BCUT2D eigenvalue weighted by Crippen LogP contribution is -2.00. The van der Waals surface area contributed by atoms with Crippen LogP contribution in [-0.4, -0.2) is 5.97 Å². The van der Waals surface area contributed by atoms with Gasteiger partial charge < -0.3 is 4.74 Å². The van der Waals surface area contributed by atoms with Crippen molar-refractivity contribution in [2.24, 2.45) is 0 Å². The van der Waals surface area contributed by atoms with E-state index in [1.165, 1.54) is 18.1 Å². The highest BCUT2D eigenvalue weighted by Gasteiger charge is 2.05. The molecule has 0 N–H and O–H groups in total. The molecule has 0 aliphatic rings. The third-order valence-electron chi connectivity index (χ3n) is 2.41. The Morgan fingerprint density at radius 3 is 2.60 bits per heavy atom. The van der Waals surface area contributed by atoms with Crippen LogP contribution in [-0.2, 0) is 16.1 Å². The molecular weight excluding hydrogens is 188 g/mol. The standard InChI is InChI=1S/C13H18O2/c1-9(2)13-7-12(6-5-10(13)3)8-15-11(4)14/h5-7,9H,8H2,1-4H3. The van der Waals surface area contributed by atoms with Crippen LogP contribution < -0.4 is 0 Å². The minimum atomic E-state index is -0.235. The molecule has 15 heavy (non-hydrogen) atoms. The molecule has 0 bridgehead atoms. The molecule has 1 aromatic carbocycles. The largest absolute Gasteiger partial charge is 0.461 e. The van der Waals surface area contributed by atoms with E-state index < -0.39 is 0 Å². The van der Waals surface area contributed by atoms with Gasteiger partial charge in [0, 0.05) is 6.92 Å². The van der Waals surface area contributed by atoms with E-state index in [0.29, 0.717) is 12.5 Å². The van der Waals surface area contributed by atoms with Crippen LogP contribution in [0.5, 0.6) is 0 Å². The van der Waals surface area contributed by atoms with Gasteiger partial charge in [0.2, 0.25) is 0 Å². The Balaban J connectivity index is 2.83. The van der Waals surface area contributed by atoms with Crippen LogP contribution in [0, 0.1) is 6.92 Å². The second-order valence-corrected chi connectivity index (χ2v) is 4.13. The van der Waals surface area contributed by atoms with Gasteiger partial charge in [0.1, 0.15) is 6.61 Å².